The SMILES string of the molecule is Cc1ccc(C2=C(OC(=O)OCc3ccc(Cl)c(Cl)c3)CC(C)(C)CC2=O)cc1. The molecule has 0 atom stereocenters. The van der Waals surface area contributed by atoms with Crippen molar-refractivity contribution in [3.05, 3.63) is 75.0 Å². The van der Waals surface area contributed by atoms with Crippen LogP contribution in [0.3, 0.4) is 0 Å². The number of allylic oxidation sites excluding steroid dienone is 2. The van der Waals surface area contributed by atoms with Crippen LogP contribution in [0.15, 0.2) is 48.2 Å². The molecular formula is C23H22Cl2O4. The third-order valence-corrected chi connectivity index (χ3v) is 5.46. The summed E-state index contributed by atoms with van der Waals surface area (Å²) in [6.45, 7) is 5.91. The molecule has 0 bridgehead atoms. The minimum Gasteiger partial charge on any atom is -0.429 e. The highest BCUT2D eigenvalue weighted by molar-refractivity contribution is 6.42. The van der Waals surface area contributed by atoms with E-state index in [1.807, 2.05) is 45.0 Å². The van der Waals surface area contributed by atoms with Gasteiger partial charge in [0, 0.05) is 12.8 Å². The summed E-state index contributed by atoms with van der Waals surface area (Å²) in [7, 11) is 0. The number of benzene rings is 2. The first-order chi connectivity index (χ1) is 13.6. The van der Waals surface area contributed by atoms with Crippen LogP contribution < -0.4 is 0 Å². The Balaban J connectivity index is 1.80. The lowest BCUT2D eigenvalue weighted by Gasteiger charge is -2.31. The Labute approximate surface area is 180 Å². The fourth-order valence-corrected chi connectivity index (χ4v) is 3.62. The summed E-state index contributed by atoms with van der Waals surface area (Å²) in [6.07, 6.45) is -0.00762. The summed E-state index contributed by atoms with van der Waals surface area (Å²) in [5, 5.41) is 0.805. The maximum absolute atomic E-state index is 12.8. The predicted octanol–water partition coefficient (Wildman–Crippen LogP) is 6.76. The largest absolute Gasteiger partial charge is 0.513 e. The van der Waals surface area contributed by atoms with Crippen molar-refractivity contribution in [2.24, 2.45) is 5.41 Å². The lowest BCUT2D eigenvalue weighted by Crippen LogP contribution is -2.27. The van der Waals surface area contributed by atoms with Gasteiger partial charge in [-0.2, -0.15) is 0 Å². The Hall–Kier alpha value is -2.30. The maximum Gasteiger partial charge on any atom is 0.513 e. The first-order valence-electron chi connectivity index (χ1n) is 9.26. The summed E-state index contributed by atoms with van der Waals surface area (Å²) in [5.74, 6) is 0.298. The zero-order valence-corrected chi connectivity index (χ0v) is 18.1. The van der Waals surface area contributed by atoms with Crippen molar-refractivity contribution in [3.63, 3.8) is 0 Å². The third kappa shape index (κ3) is 5.40. The molecule has 0 aliphatic heterocycles. The standard InChI is InChI=1S/C23H22Cl2O4/c1-14-4-7-16(8-5-14)21-19(26)11-23(2,3)12-20(21)29-22(27)28-13-15-6-9-17(24)18(25)10-15/h4-10H,11-13H2,1-3H3. The fourth-order valence-electron chi connectivity index (χ4n) is 3.30. The Morgan fingerprint density at radius 2 is 1.72 bits per heavy atom. The summed E-state index contributed by atoms with van der Waals surface area (Å²) in [6, 6.07) is 12.6. The van der Waals surface area contributed by atoms with E-state index < -0.39 is 6.16 Å². The van der Waals surface area contributed by atoms with Crippen molar-refractivity contribution < 1.29 is 19.1 Å². The van der Waals surface area contributed by atoms with Crippen LogP contribution in [0.5, 0.6) is 0 Å². The molecule has 0 amide bonds. The van der Waals surface area contributed by atoms with E-state index >= 15 is 0 Å². The van der Waals surface area contributed by atoms with Crippen LogP contribution in [0.2, 0.25) is 10.0 Å². The van der Waals surface area contributed by atoms with Crippen molar-refractivity contribution in [1.29, 1.82) is 0 Å². The molecule has 0 saturated carbocycles. The van der Waals surface area contributed by atoms with Gasteiger partial charge >= 0.3 is 6.16 Å². The third-order valence-electron chi connectivity index (χ3n) is 4.72. The Kier molecular flexibility index (Phi) is 6.35. The van der Waals surface area contributed by atoms with Gasteiger partial charge in [0.2, 0.25) is 0 Å². The van der Waals surface area contributed by atoms with E-state index in [1.165, 1.54) is 0 Å². The van der Waals surface area contributed by atoms with Gasteiger partial charge in [-0.05, 0) is 35.6 Å². The number of ketones is 1. The monoisotopic (exact) mass is 432 g/mol. The van der Waals surface area contributed by atoms with E-state index in [2.05, 4.69) is 0 Å². The van der Waals surface area contributed by atoms with Gasteiger partial charge in [-0.25, -0.2) is 4.79 Å². The average Bonchev–Trinajstić information content (AvgIpc) is 2.63. The lowest BCUT2D eigenvalue weighted by atomic mass is 9.75. The average molecular weight is 433 g/mol. The molecule has 0 saturated heterocycles. The number of rotatable bonds is 4. The van der Waals surface area contributed by atoms with Crippen LogP contribution in [0.25, 0.3) is 5.57 Å². The molecule has 0 N–H and O–H groups in total. The van der Waals surface area contributed by atoms with E-state index in [0.717, 1.165) is 11.1 Å². The van der Waals surface area contributed by atoms with E-state index in [1.54, 1.807) is 18.2 Å². The number of carbonyl (C=O) groups is 2. The van der Waals surface area contributed by atoms with Crippen LogP contribution in [0, 0.1) is 12.3 Å². The topological polar surface area (TPSA) is 52.6 Å². The molecular weight excluding hydrogens is 411 g/mol. The number of hydrogen-bond donors (Lipinski definition) is 0. The Morgan fingerprint density at radius 3 is 2.38 bits per heavy atom. The van der Waals surface area contributed by atoms with Crippen molar-refractivity contribution in [2.75, 3.05) is 0 Å². The van der Waals surface area contributed by atoms with Gasteiger partial charge in [-0.1, -0.05) is 72.9 Å². The summed E-state index contributed by atoms with van der Waals surface area (Å²) < 4.78 is 10.7. The molecule has 2 aromatic rings. The minimum atomic E-state index is -0.860. The normalized spacial score (nSPS) is 16.0. The van der Waals surface area contributed by atoms with Crippen LogP contribution in [-0.4, -0.2) is 11.9 Å². The zero-order chi connectivity index (χ0) is 21.2. The molecule has 0 fully saturated rings. The molecule has 0 aromatic heterocycles. The van der Waals surface area contributed by atoms with Crippen molar-refractivity contribution >= 4 is 40.7 Å². The smallest absolute Gasteiger partial charge is 0.429 e. The van der Waals surface area contributed by atoms with Gasteiger partial charge in [0.05, 0.1) is 15.6 Å². The number of hydrogen-bond acceptors (Lipinski definition) is 4. The number of carbonyl (C=O) groups excluding carboxylic acids is 2. The minimum absolute atomic E-state index is 0.0137. The highest BCUT2D eigenvalue weighted by Gasteiger charge is 2.35. The van der Waals surface area contributed by atoms with Crippen LogP contribution in [-0.2, 0) is 20.9 Å². The number of ether oxygens (including phenoxy) is 2. The van der Waals surface area contributed by atoms with Crippen LogP contribution in [0.1, 0.15) is 43.4 Å². The second kappa shape index (κ2) is 8.60. The maximum atomic E-state index is 12.8. The predicted molar refractivity (Wildman–Crippen MR) is 114 cm³/mol. The van der Waals surface area contributed by atoms with Gasteiger partial charge in [0.15, 0.2) is 5.78 Å². The number of Topliss-reactive ketones (excluding diaryl/α,β-unsaturated/α-hetero) is 1. The van der Waals surface area contributed by atoms with Crippen molar-refractivity contribution in [1.82, 2.24) is 0 Å². The quantitative estimate of drug-likeness (QED) is 0.500. The summed E-state index contributed by atoms with van der Waals surface area (Å²) in [5.41, 5.74) is 2.65. The van der Waals surface area contributed by atoms with E-state index in [0.29, 0.717) is 39.8 Å². The highest BCUT2D eigenvalue weighted by atomic mass is 35.5. The molecule has 29 heavy (non-hydrogen) atoms. The molecule has 6 heteroatoms. The number of halogens is 2. The molecule has 1 aliphatic rings. The lowest BCUT2D eigenvalue weighted by molar-refractivity contribution is -0.116. The Bertz CT molecular complexity index is 975. The molecule has 3 rings (SSSR count). The van der Waals surface area contributed by atoms with Gasteiger partial charge in [-0.15, -0.1) is 0 Å². The summed E-state index contributed by atoms with van der Waals surface area (Å²) >= 11 is 11.9. The summed E-state index contributed by atoms with van der Waals surface area (Å²) in [4.78, 5) is 25.2. The van der Waals surface area contributed by atoms with Gasteiger partial charge in [-0.3, -0.25) is 4.79 Å². The van der Waals surface area contributed by atoms with Gasteiger partial charge in [0.1, 0.15) is 12.4 Å². The Morgan fingerprint density at radius 1 is 1.03 bits per heavy atom. The molecule has 0 spiro atoms. The van der Waals surface area contributed by atoms with Gasteiger partial charge < -0.3 is 9.47 Å². The molecule has 0 unspecified atom stereocenters. The van der Waals surface area contributed by atoms with Crippen LogP contribution >= 0.6 is 23.2 Å². The van der Waals surface area contributed by atoms with E-state index in [9.17, 15) is 9.59 Å². The molecule has 4 nitrogen and oxygen atoms in total. The first-order valence-corrected chi connectivity index (χ1v) is 10.0. The fraction of sp³-hybridized carbons (Fsp3) is 0.304. The second-order valence-electron chi connectivity index (χ2n) is 7.99. The van der Waals surface area contributed by atoms with E-state index in [-0.39, 0.29) is 17.8 Å². The number of aryl methyl sites for hydroxylation is 1. The van der Waals surface area contributed by atoms with E-state index in [4.69, 9.17) is 32.7 Å². The first kappa shape index (κ1) is 21.4. The zero-order valence-electron chi connectivity index (χ0n) is 16.6. The van der Waals surface area contributed by atoms with Crippen molar-refractivity contribution in [2.45, 2.75) is 40.2 Å². The van der Waals surface area contributed by atoms with Gasteiger partial charge in [0.25, 0.3) is 0 Å². The highest BCUT2D eigenvalue weighted by Crippen LogP contribution is 2.41. The molecule has 0 heterocycles. The molecule has 152 valence electrons. The van der Waals surface area contributed by atoms with Crippen molar-refractivity contribution in [3.8, 4) is 0 Å². The molecule has 1 aliphatic carbocycles. The molecule has 0 radical (unpaired) electrons. The van der Waals surface area contributed by atoms with Crippen LogP contribution in [0.4, 0.5) is 4.79 Å². The second-order valence-corrected chi connectivity index (χ2v) is 8.81. The molecule has 2 aromatic carbocycles.